The number of rotatable bonds is 3. The van der Waals surface area contributed by atoms with Gasteiger partial charge in [-0.15, -0.1) is 0 Å². The summed E-state index contributed by atoms with van der Waals surface area (Å²) in [6, 6.07) is -1.42. The van der Waals surface area contributed by atoms with E-state index in [2.05, 4.69) is 0 Å². The topological polar surface area (TPSA) is 54.5 Å². The fourth-order valence-electron chi connectivity index (χ4n) is 2.18. The Morgan fingerprint density at radius 1 is 1.00 bits per heavy atom. The molecule has 0 aliphatic carbocycles. The van der Waals surface area contributed by atoms with Crippen molar-refractivity contribution in [2.45, 2.75) is 23.8 Å². The number of nitrogens with zero attached hydrogens (tertiary/aromatic N) is 1. The maximum Gasteiger partial charge on any atom is 0.249 e. The molecule has 1 aliphatic heterocycles. The number of carbonyl (C=O) groups excluding carboxylic acids is 1. The number of hydrogen-bond acceptors (Lipinski definition) is 3. The van der Waals surface area contributed by atoms with Crippen LogP contribution in [0, 0.1) is 29.1 Å². The molecule has 2 rings (SSSR count). The zero-order valence-electron chi connectivity index (χ0n) is 10.5. The van der Waals surface area contributed by atoms with Gasteiger partial charge in [0.1, 0.15) is 0 Å². The van der Waals surface area contributed by atoms with Crippen molar-refractivity contribution < 1.29 is 35.2 Å². The van der Waals surface area contributed by atoms with Gasteiger partial charge in [0, 0.05) is 6.54 Å². The fraction of sp³-hybridized carbons (Fsp3) is 0.364. The SMILES string of the molecule is O=C(Cl)[C@H]1CCCN1S(=O)(=O)c1c(F)c(F)c(F)c(F)c1F. The molecular formula is C11H7ClF5NO3S. The monoisotopic (exact) mass is 363 g/mol. The molecule has 11 heteroatoms. The lowest BCUT2D eigenvalue weighted by molar-refractivity contribution is -0.114. The van der Waals surface area contributed by atoms with Gasteiger partial charge in [0.05, 0.1) is 6.04 Å². The zero-order chi connectivity index (χ0) is 16.8. The summed E-state index contributed by atoms with van der Waals surface area (Å²) < 4.78 is 91.2. The Morgan fingerprint density at radius 2 is 1.45 bits per heavy atom. The second-order valence-corrected chi connectivity index (χ2v) is 6.68. The van der Waals surface area contributed by atoms with Gasteiger partial charge in [-0.05, 0) is 24.4 Å². The van der Waals surface area contributed by atoms with Gasteiger partial charge in [0.25, 0.3) is 0 Å². The second kappa shape index (κ2) is 5.74. The van der Waals surface area contributed by atoms with E-state index >= 15 is 0 Å². The van der Waals surface area contributed by atoms with E-state index in [1.165, 1.54) is 0 Å². The summed E-state index contributed by atoms with van der Waals surface area (Å²) in [5.41, 5.74) is 0. The molecule has 0 saturated carbocycles. The maximum atomic E-state index is 13.6. The number of sulfonamides is 1. The van der Waals surface area contributed by atoms with Gasteiger partial charge in [-0.2, -0.15) is 4.31 Å². The minimum Gasteiger partial charge on any atom is -0.279 e. The lowest BCUT2D eigenvalue weighted by Crippen LogP contribution is -2.39. The van der Waals surface area contributed by atoms with Crippen LogP contribution in [0.25, 0.3) is 0 Å². The van der Waals surface area contributed by atoms with Crippen LogP contribution in [-0.4, -0.2) is 30.6 Å². The van der Waals surface area contributed by atoms with Crippen LogP contribution in [0.5, 0.6) is 0 Å². The molecule has 1 aromatic carbocycles. The van der Waals surface area contributed by atoms with Gasteiger partial charge in [-0.3, -0.25) is 4.79 Å². The highest BCUT2D eigenvalue weighted by Gasteiger charge is 2.43. The Hall–Kier alpha value is -1.26. The third kappa shape index (κ3) is 2.48. The third-order valence-corrected chi connectivity index (χ3v) is 5.38. The normalized spacial score (nSPS) is 19.6. The molecule has 0 bridgehead atoms. The van der Waals surface area contributed by atoms with E-state index in [1.807, 2.05) is 0 Å². The van der Waals surface area contributed by atoms with Crippen molar-refractivity contribution in [3.63, 3.8) is 0 Å². The van der Waals surface area contributed by atoms with Crippen molar-refractivity contribution in [2.24, 2.45) is 0 Å². The molecule has 0 aromatic heterocycles. The van der Waals surface area contributed by atoms with Crippen LogP contribution in [0.2, 0.25) is 0 Å². The van der Waals surface area contributed by atoms with E-state index < -0.39 is 55.3 Å². The Labute approximate surface area is 126 Å². The zero-order valence-corrected chi connectivity index (χ0v) is 12.1. The summed E-state index contributed by atoms with van der Waals surface area (Å²) in [7, 11) is -5.12. The van der Waals surface area contributed by atoms with Crippen LogP contribution in [0.1, 0.15) is 12.8 Å². The largest absolute Gasteiger partial charge is 0.279 e. The molecule has 122 valence electrons. The predicted molar refractivity (Wildman–Crippen MR) is 64.0 cm³/mol. The molecule has 1 saturated heterocycles. The van der Waals surface area contributed by atoms with E-state index in [1.54, 1.807) is 0 Å². The first-order valence-electron chi connectivity index (χ1n) is 5.83. The van der Waals surface area contributed by atoms with E-state index in [4.69, 9.17) is 11.6 Å². The molecular weight excluding hydrogens is 357 g/mol. The molecule has 1 aliphatic rings. The number of carbonyl (C=O) groups is 1. The smallest absolute Gasteiger partial charge is 0.249 e. The van der Waals surface area contributed by atoms with Crippen molar-refractivity contribution in [1.29, 1.82) is 0 Å². The molecule has 0 radical (unpaired) electrons. The Bertz CT molecular complexity index is 726. The van der Waals surface area contributed by atoms with E-state index in [9.17, 15) is 35.2 Å². The van der Waals surface area contributed by atoms with Crippen LogP contribution in [-0.2, 0) is 14.8 Å². The number of halogens is 6. The first-order chi connectivity index (χ1) is 10.1. The molecule has 1 atom stereocenters. The summed E-state index contributed by atoms with van der Waals surface area (Å²) in [4.78, 5) is 9.16. The van der Waals surface area contributed by atoms with Crippen LogP contribution in [0.15, 0.2) is 4.90 Å². The van der Waals surface area contributed by atoms with Gasteiger partial charge in [-0.1, -0.05) is 0 Å². The summed E-state index contributed by atoms with van der Waals surface area (Å²) in [6.07, 6.45) is 0.134. The van der Waals surface area contributed by atoms with Gasteiger partial charge in [-0.25, -0.2) is 30.4 Å². The molecule has 4 nitrogen and oxygen atoms in total. The molecule has 0 unspecified atom stereocenters. The third-order valence-electron chi connectivity index (χ3n) is 3.20. The highest BCUT2D eigenvalue weighted by atomic mass is 35.5. The first kappa shape index (κ1) is 17.1. The van der Waals surface area contributed by atoms with Crippen LogP contribution >= 0.6 is 11.6 Å². The summed E-state index contributed by atoms with van der Waals surface area (Å²) >= 11 is 5.20. The average molecular weight is 364 g/mol. The van der Waals surface area contributed by atoms with Crippen molar-refractivity contribution in [3.8, 4) is 0 Å². The Kier molecular flexibility index (Phi) is 4.46. The quantitative estimate of drug-likeness (QED) is 0.358. The molecule has 0 amide bonds. The van der Waals surface area contributed by atoms with Gasteiger partial charge >= 0.3 is 0 Å². The van der Waals surface area contributed by atoms with Crippen LogP contribution < -0.4 is 0 Å². The standard InChI is InChI=1S/C11H7ClF5NO3S/c12-11(19)4-2-1-3-18(4)22(20,21)10-8(16)6(14)5(13)7(15)9(10)17/h4H,1-3H2/t4-/m1/s1. The summed E-state index contributed by atoms with van der Waals surface area (Å²) in [6.45, 7) is -0.328. The van der Waals surface area contributed by atoms with Crippen molar-refractivity contribution in [3.05, 3.63) is 29.1 Å². The Balaban J connectivity index is 2.68. The van der Waals surface area contributed by atoms with Crippen molar-refractivity contribution >= 4 is 26.9 Å². The van der Waals surface area contributed by atoms with Crippen molar-refractivity contribution in [2.75, 3.05) is 6.54 Å². The van der Waals surface area contributed by atoms with Crippen LogP contribution in [0.4, 0.5) is 22.0 Å². The number of benzene rings is 1. The molecule has 1 fully saturated rings. The fourth-order valence-corrected chi connectivity index (χ4v) is 4.24. The highest BCUT2D eigenvalue weighted by molar-refractivity contribution is 7.89. The predicted octanol–water partition coefficient (Wildman–Crippen LogP) is 2.30. The summed E-state index contributed by atoms with van der Waals surface area (Å²) in [5.74, 6) is -12.2. The first-order valence-corrected chi connectivity index (χ1v) is 7.65. The molecule has 1 aromatic rings. The van der Waals surface area contributed by atoms with Gasteiger partial charge in [0.15, 0.2) is 28.2 Å². The van der Waals surface area contributed by atoms with E-state index in [-0.39, 0.29) is 19.4 Å². The highest BCUT2D eigenvalue weighted by Crippen LogP contribution is 2.33. The molecule has 22 heavy (non-hydrogen) atoms. The Morgan fingerprint density at radius 3 is 1.91 bits per heavy atom. The maximum absolute atomic E-state index is 13.6. The van der Waals surface area contributed by atoms with Gasteiger partial charge in [0.2, 0.25) is 21.1 Å². The second-order valence-electron chi connectivity index (χ2n) is 4.48. The molecule has 1 heterocycles. The lowest BCUT2D eigenvalue weighted by Gasteiger charge is -2.22. The molecule has 0 N–H and O–H groups in total. The molecule has 0 spiro atoms. The minimum atomic E-state index is -5.12. The van der Waals surface area contributed by atoms with Gasteiger partial charge < -0.3 is 0 Å². The van der Waals surface area contributed by atoms with Crippen molar-refractivity contribution in [1.82, 2.24) is 4.31 Å². The summed E-state index contributed by atoms with van der Waals surface area (Å²) in [5, 5.41) is -1.11. The van der Waals surface area contributed by atoms with E-state index in [0.717, 1.165) is 0 Å². The lowest BCUT2D eigenvalue weighted by atomic mass is 10.2. The minimum absolute atomic E-state index is 0.0169. The number of hydrogen-bond donors (Lipinski definition) is 0. The van der Waals surface area contributed by atoms with E-state index in [0.29, 0.717) is 4.31 Å². The average Bonchev–Trinajstić information content (AvgIpc) is 2.93. The van der Waals surface area contributed by atoms with Crippen LogP contribution in [0.3, 0.4) is 0 Å².